The fourth-order valence-corrected chi connectivity index (χ4v) is 2.20. The van der Waals surface area contributed by atoms with Gasteiger partial charge in [-0.15, -0.1) is 0 Å². The van der Waals surface area contributed by atoms with E-state index in [0.29, 0.717) is 19.6 Å². The highest BCUT2D eigenvalue weighted by molar-refractivity contribution is 5.99. The molecule has 1 aromatic carbocycles. The van der Waals surface area contributed by atoms with Crippen molar-refractivity contribution >= 4 is 5.78 Å². The molecule has 0 radical (unpaired) electrons. The molecule has 92 valence electrons. The van der Waals surface area contributed by atoms with Crippen molar-refractivity contribution in [3.63, 3.8) is 0 Å². The second-order valence-electron chi connectivity index (χ2n) is 4.53. The molecular formula is C14H19NO2. The van der Waals surface area contributed by atoms with Gasteiger partial charge >= 0.3 is 0 Å². The summed E-state index contributed by atoms with van der Waals surface area (Å²) in [5.41, 5.74) is 7.52. The molecule has 1 aromatic rings. The topological polar surface area (TPSA) is 52.3 Å². The molecule has 0 bridgehead atoms. The van der Waals surface area contributed by atoms with Crippen molar-refractivity contribution < 1.29 is 9.53 Å². The Balaban J connectivity index is 2.17. The Hall–Kier alpha value is -1.35. The number of nitrogens with two attached hydrogens (primary N) is 1. The summed E-state index contributed by atoms with van der Waals surface area (Å²) >= 11 is 0. The number of benzene rings is 1. The Morgan fingerprint density at radius 1 is 1.53 bits per heavy atom. The molecule has 1 unspecified atom stereocenters. The fourth-order valence-electron chi connectivity index (χ4n) is 2.20. The normalized spacial score (nSPS) is 15.2. The number of rotatable bonds is 5. The second kappa shape index (κ2) is 5.32. The molecule has 0 aromatic heterocycles. The van der Waals surface area contributed by atoms with Crippen molar-refractivity contribution in [1.82, 2.24) is 0 Å². The smallest absolute Gasteiger partial charge is 0.166 e. The summed E-state index contributed by atoms with van der Waals surface area (Å²) in [6.07, 6.45) is 2.37. The average Bonchev–Trinajstić information content (AvgIpc) is 2.83. The molecule has 1 aliphatic heterocycles. The largest absolute Gasteiger partial charge is 0.492 e. The highest BCUT2D eigenvalue weighted by atomic mass is 16.5. The number of carbonyl (C=O) groups excluding carboxylic acids is 1. The van der Waals surface area contributed by atoms with Crippen molar-refractivity contribution in [2.24, 2.45) is 11.7 Å². The van der Waals surface area contributed by atoms with E-state index < -0.39 is 0 Å². The standard InChI is InChI=1S/C14H19NO2/c1-2-10(9-15)8-13(16)12-5-3-4-11-6-7-17-14(11)12/h3-5,10H,2,6-9,15H2,1H3. The van der Waals surface area contributed by atoms with Gasteiger partial charge in [0, 0.05) is 12.8 Å². The predicted octanol–water partition coefficient (Wildman–Crippen LogP) is 2.18. The lowest BCUT2D eigenvalue weighted by molar-refractivity contribution is 0.0958. The lowest BCUT2D eigenvalue weighted by atomic mass is 9.95. The van der Waals surface area contributed by atoms with Gasteiger partial charge in [-0.25, -0.2) is 0 Å². The minimum atomic E-state index is 0.154. The molecule has 2 rings (SSSR count). The third kappa shape index (κ3) is 2.50. The first-order valence-electron chi connectivity index (χ1n) is 6.24. The number of ketones is 1. The molecule has 0 fully saturated rings. The molecule has 0 amide bonds. The van der Waals surface area contributed by atoms with E-state index in [9.17, 15) is 4.79 Å². The summed E-state index contributed by atoms with van der Waals surface area (Å²) in [5, 5.41) is 0. The summed E-state index contributed by atoms with van der Waals surface area (Å²) in [5.74, 6) is 1.23. The third-order valence-electron chi connectivity index (χ3n) is 3.40. The van der Waals surface area contributed by atoms with Crippen LogP contribution in [0.3, 0.4) is 0 Å². The molecule has 3 heteroatoms. The zero-order valence-corrected chi connectivity index (χ0v) is 10.2. The van der Waals surface area contributed by atoms with Crippen LogP contribution in [0.2, 0.25) is 0 Å². The molecule has 1 aliphatic rings. The molecule has 0 saturated heterocycles. The Labute approximate surface area is 102 Å². The van der Waals surface area contributed by atoms with Gasteiger partial charge in [0.05, 0.1) is 12.2 Å². The van der Waals surface area contributed by atoms with Gasteiger partial charge in [0.1, 0.15) is 5.75 Å². The van der Waals surface area contributed by atoms with Gasteiger partial charge in [-0.3, -0.25) is 4.79 Å². The molecule has 0 spiro atoms. The van der Waals surface area contributed by atoms with E-state index >= 15 is 0 Å². The first-order valence-corrected chi connectivity index (χ1v) is 6.24. The monoisotopic (exact) mass is 233 g/mol. The molecule has 3 nitrogen and oxygen atoms in total. The second-order valence-corrected chi connectivity index (χ2v) is 4.53. The Morgan fingerprint density at radius 2 is 2.35 bits per heavy atom. The summed E-state index contributed by atoms with van der Waals surface area (Å²) in [6, 6.07) is 5.82. The van der Waals surface area contributed by atoms with Gasteiger partial charge in [-0.1, -0.05) is 25.5 Å². The Bertz CT molecular complexity index is 411. The van der Waals surface area contributed by atoms with E-state index in [4.69, 9.17) is 10.5 Å². The fraction of sp³-hybridized carbons (Fsp3) is 0.500. The van der Waals surface area contributed by atoms with Gasteiger partial charge in [-0.2, -0.15) is 0 Å². The summed E-state index contributed by atoms with van der Waals surface area (Å²) < 4.78 is 5.55. The summed E-state index contributed by atoms with van der Waals surface area (Å²) in [6.45, 7) is 3.32. The quantitative estimate of drug-likeness (QED) is 0.793. The van der Waals surface area contributed by atoms with Crippen LogP contribution in [0.5, 0.6) is 5.75 Å². The number of fused-ring (bicyclic) bond motifs is 1. The van der Waals surface area contributed by atoms with Crippen LogP contribution in [0.15, 0.2) is 18.2 Å². The molecule has 17 heavy (non-hydrogen) atoms. The molecule has 0 saturated carbocycles. The number of carbonyl (C=O) groups is 1. The summed E-state index contributed by atoms with van der Waals surface area (Å²) in [4.78, 5) is 12.2. The Kier molecular flexibility index (Phi) is 3.79. The maximum absolute atomic E-state index is 12.2. The highest BCUT2D eigenvalue weighted by Crippen LogP contribution is 2.30. The van der Waals surface area contributed by atoms with E-state index in [1.807, 2.05) is 18.2 Å². The van der Waals surface area contributed by atoms with Crippen LogP contribution in [0.4, 0.5) is 0 Å². The van der Waals surface area contributed by atoms with E-state index in [1.165, 1.54) is 0 Å². The average molecular weight is 233 g/mol. The lowest BCUT2D eigenvalue weighted by Crippen LogP contribution is -2.17. The maximum atomic E-state index is 12.2. The maximum Gasteiger partial charge on any atom is 0.166 e. The first-order chi connectivity index (χ1) is 8.26. The van der Waals surface area contributed by atoms with E-state index in [1.54, 1.807) is 0 Å². The number of para-hydroxylation sites is 1. The van der Waals surface area contributed by atoms with Gasteiger partial charge in [0.2, 0.25) is 0 Å². The van der Waals surface area contributed by atoms with Crippen LogP contribution in [-0.4, -0.2) is 18.9 Å². The number of Topliss-reactive ketones (excluding diaryl/α,β-unsaturated/α-hetero) is 1. The van der Waals surface area contributed by atoms with Crippen LogP contribution in [0.1, 0.15) is 35.7 Å². The number of hydrogen-bond donors (Lipinski definition) is 1. The van der Waals surface area contributed by atoms with Crippen molar-refractivity contribution in [1.29, 1.82) is 0 Å². The van der Waals surface area contributed by atoms with Crippen LogP contribution in [0.25, 0.3) is 0 Å². The zero-order valence-electron chi connectivity index (χ0n) is 10.2. The van der Waals surface area contributed by atoms with Crippen LogP contribution in [0, 0.1) is 5.92 Å². The van der Waals surface area contributed by atoms with E-state index in [-0.39, 0.29) is 11.7 Å². The van der Waals surface area contributed by atoms with Crippen LogP contribution >= 0.6 is 0 Å². The van der Waals surface area contributed by atoms with Crippen LogP contribution in [-0.2, 0) is 6.42 Å². The van der Waals surface area contributed by atoms with Crippen LogP contribution < -0.4 is 10.5 Å². The molecule has 2 N–H and O–H groups in total. The summed E-state index contributed by atoms with van der Waals surface area (Å²) in [7, 11) is 0. The zero-order chi connectivity index (χ0) is 12.3. The highest BCUT2D eigenvalue weighted by Gasteiger charge is 2.21. The molecular weight excluding hydrogens is 214 g/mol. The minimum Gasteiger partial charge on any atom is -0.492 e. The van der Waals surface area contributed by atoms with Crippen molar-refractivity contribution in [3.8, 4) is 5.75 Å². The van der Waals surface area contributed by atoms with Crippen molar-refractivity contribution in [2.45, 2.75) is 26.2 Å². The third-order valence-corrected chi connectivity index (χ3v) is 3.40. The van der Waals surface area contributed by atoms with Crippen molar-refractivity contribution in [3.05, 3.63) is 29.3 Å². The Morgan fingerprint density at radius 3 is 3.06 bits per heavy atom. The molecule has 1 heterocycles. The van der Waals surface area contributed by atoms with Crippen molar-refractivity contribution in [2.75, 3.05) is 13.2 Å². The minimum absolute atomic E-state index is 0.154. The SMILES string of the molecule is CCC(CN)CC(=O)c1cccc2c1OCC2. The van der Waals surface area contributed by atoms with E-state index in [2.05, 4.69) is 6.92 Å². The number of hydrogen-bond acceptors (Lipinski definition) is 3. The van der Waals surface area contributed by atoms with Gasteiger partial charge < -0.3 is 10.5 Å². The first kappa shape index (κ1) is 12.1. The number of ether oxygens (including phenoxy) is 1. The van der Waals surface area contributed by atoms with Gasteiger partial charge in [-0.05, 0) is 24.1 Å². The molecule has 1 atom stereocenters. The van der Waals surface area contributed by atoms with Gasteiger partial charge in [0.25, 0.3) is 0 Å². The lowest BCUT2D eigenvalue weighted by Gasteiger charge is -2.12. The molecule has 0 aliphatic carbocycles. The predicted molar refractivity (Wildman–Crippen MR) is 67.4 cm³/mol. The van der Waals surface area contributed by atoms with E-state index in [0.717, 1.165) is 29.7 Å². The van der Waals surface area contributed by atoms with Gasteiger partial charge in [0.15, 0.2) is 5.78 Å².